The molecule has 0 aliphatic carbocycles. The van der Waals surface area contributed by atoms with Gasteiger partial charge in [-0.05, 0) is 24.6 Å². The van der Waals surface area contributed by atoms with Crippen molar-refractivity contribution in [1.82, 2.24) is 10.6 Å². The summed E-state index contributed by atoms with van der Waals surface area (Å²) in [5.74, 6) is 0.206. The Morgan fingerprint density at radius 3 is 2.21 bits per heavy atom. The predicted molar refractivity (Wildman–Crippen MR) is 110 cm³/mol. The van der Waals surface area contributed by atoms with Crippen molar-refractivity contribution in [1.29, 1.82) is 0 Å². The lowest BCUT2D eigenvalue weighted by Crippen LogP contribution is -2.49. The molecule has 0 aliphatic rings. The van der Waals surface area contributed by atoms with Crippen LogP contribution in [-0.4, -0.2) is 17.9 Å². The highest BCUT2D eigenvalue weighted by Crippen LogP contribution is 2.28. The number of furan rings is 1. The van der Waals surface area contributed by atoms with Gasteiger partial charge in [-0.1, -0.05) is 69.3 Å². The van der Waals surface area contributed by atoms with Crippen molar-refractivity contribution in [2.24, 2.45) is 5.41 Å². The van der Waals surface area contributed by atoms with Crippen LogP contribution in [0.5, 0.6) is 0 Å². The van der Waals surface area contributed by atoms with Crippen LogP contribution in [0.4, 0.5) is 0 Å². The number of para-hydroxylation sites is 1. The number of amides is 2. The van der Waals surface area contributed by atoms with Crippen molar-refractivity contribution in [3.63, 3.8) is 0 Å². The van der Waals surface area contributed by atoms with Crippen molar-refractivity contribution in [2.75, 3.05) is 0 Å². The number of hydrogen-bond donors (Lipinski definition) is 2. The minimum Gasteiger partial charge on any atom is -0.459 e. The predicted octanol–water partition coefficient (Wildman–Crippen LogP) is 4.19. The molecule has 2 unspecified atom stereocenters. The van der Waals surface area contributed by atoms with Crippen LogP contribution in [0.3, 0.4) is 0 Å². The molecule has 0 fully saturated rings. The van der Waals surface area contributed by atoms with Gasteiger partial charge in [-0.3, -0.25) is 9.59 Å². The fourth-order valence-electron chi connectivity index (χ4n) is 2.85. The summed E-state index contributed by atoms with van der Waals surface area (Å²) >= 11 is 0. The summed E-state index contributed by atoms with van der Waals surface area (Å²) in [5, 5.41) is 6.77. The Morgan fingerprint density at radius 2 is 1.57 bits per heavy atom. The standard InChI is InChI=1S/C23H26N2O3/c1-15(24-22(27)23(2,3)4)21(26)25-20(16-10-6-5-7-11-16)19-14-17-12-8-9-13-18(17)28-19/h5-15,20H,1-4H3,(H,24,27)(H,25,26). The molecule has 2 amide bonds. The first-order valence-corrected chi connectivity index (χ1v) is 9.40. The molecule has 5 nitrogen and oxygen atoms in total. The lowest BCUT2D eigenvalue weighted by atomic mass is 9.95. The highest BCUT2D eigenvalue weighted by atomic mass is 16.3. The van der Waals surface area contributed by atoms with E-state index in [1.54, 1.807) is 6.92 Å². The van der Waals surface area contributed by atoms with E-state index in [-0.39, 0.29) is 11.8 Å². The van der Waals surface area contributed by atoms with Gasteiger partial charge in [-0.2, -0.15) is 0 Å². The van der Waals surface area contributed by atoms with E-state index in [0.29, 0.717) is 5.76 Å². The van der Waals surface area contributed by atoms with Gasteiger partial charge in [-0.25, -0.2) is 0 Å². The summed E-state index contributed by atoms with van der Waals surface area (Å²) in [4.78, 5) is 25.0. The molecule has 0 saturated heterocycles. The van der Waals surface area contributed by atoms with Crippen LogP contribution >= 0.6 is 0 Å². The van der Waals surface area contributed by atoms with E-state index in [0.717, 1.165) is 16.5 Å². The normalized spacial score (nSPS) is 13.7. The number of hydrogen-bond acceptors (Lipinski definition) is 3. The van der Waals surface area contributed by atoms with E-state index >= 15 is 0 Å². The molecule has 2 atom stereocenters. The Labute approximate surface area is 165 Å². The third-order valence-electron chi connectivity index (χ3n) is 4.57. The highest BCUT2D eigenvalue weighted by molar-refractivity contribution is 5.89. The third-order valence-corrected chi connectivity index (χ3v) is 4.57. The van der Waals surface area contributed by atoms with Gasteiger partial charge in [0, 0.05) is 10.8 Å². The first-order chi connectivity index (χ1) is 13.3. The van der Waals surface area contributed by atoms with Gasteiger partial charge in [0.25, 0.3) is 0 Å². The summed E-state index contributed by atoms with van der Waals surface area (Å²) in [7, 11) is 0. The number of carbonyl (C=O) groups is 2. The van der Waals surface area contributed by atoms with Crippen LogP contribution in [0.2, 0.25) is 0 Å². The third kappa shape index (κ3) is 4.42. The molecule has 0 aliphatic heterocycles. The Morgan fingerprint density at radius 1 is 0.929 bits per heavy atom. The highest BCUT2D eigenvalue weighted by Gasteiger charge is 2.27. The van der Waals surface area contributed by atoms with Crippen molar-refractivity contribution in [3.05, 3.63) is 72.0 Å². The lowest BCUT2D eigenvalue weighted by Gasteiger charge is -2.23. The zero-order valence-electron chi connectivity index (χ0n) is 16.7. The van der Waals surface area contributed by atoms with E-state index in [2.05, 4.69) is 10.6 Å². The smallest absolute Gasteiger partial charge is 0.243 e. The average molecular weight is 378 g/mol. The van der Waals surface area contributed by atoms with Gasteiger partial charge < -0.3 is 15.1 Å². The Bertz CT molecular complexity index is 937. The largest absolute Gasteiger partial charge is 0.459 e. The summed E-state index contributed by atoms with van der Waals surface area (Å²) in [6, 6.07) is 18.2. The second-order valence-corrected chi connectivity index (χ2v) is 7.98. The maximum atomic E-state index is 12.8. The molecule has 2 N–H and O–H groups in total. The van der Waals surface area contributed by atoms with Crippen LogP contribution in [0.15, 0.2) is 65.1 Å². The van der Waals surface area contributed by atoms with Crippen molar-refractivity contribution in [3.8, 4) is 0 Å². The molecule has 1 aromatic heterocycles. The Balaban J connectivity index is 1.86. The SMILES string of the molecule is CC(NC(=O)C(C)(C)C)C(=O)NC(c1ccccc1)c1cc2ccccc2o1. The maximum absolute atomic E-state index is 12.8. The number of carbonyl (C=O) groups excluding carboxylic acids is 2. The molecule has 3 aromatic rings. The summed E-state index contributed by atoms with van der Waals surface area (Å²) in [6.45, 7) is 7.12. The Kier molecular flexibility index (Phi) is 5.54. The van der Waals surface area contributed by atoms with E-state index in [9.17, 15) is 9.59 Å². The molecular formula is C23H26N2O3. The van der Waals surface area contributed by atoms with Gasteiger partial charge >= 0.3 is 0 Å². The number of fused-ring (bicyclic) bond motifs is 1. The van der Waals surface area contributed by atoms with Crippen molar-refractivity contribution < 1.29 is 14.0 Å². The molecule has 0 spiro atoms. The van der Waals surface area contributed by atoms with Crippen LogP contribution in [0.25, 0.3) is 11.0 Å². The molecule has 0 radical (unpaired) electrons. The quantitative estimate of drug-likeness (QED) is 0.699. The molecule has 0 bridgehead atoms. The maximum Gasteiger partial charge on any atom is 0.243 e. The lowest BCUT2D eigenvalue weighted by molar-refractivity contribution is -0.133. The summed E-state index contributed by atoms with van der Waals surface area (Å²) in [5.41, 5.74) is 1.11. The van der Waals surface area contributed by atoms with Crippen LogP contribution in [-0.2, 0) is 9.59 Å². The summed E-state index contributed by atoms with van der Waals surface area (Å²) < 4.78 is 6.00. The van der Waals surface area contributed by atoms with Gasteiger partial charge in [0.1, 0.15) is 23.4 Å². The molecule has 146 valence electrons. The van der Waals surface area contributed by atoms with Gasteiger partial charge in [0.2, 0.25) is 11.8 Å². The van der Waals surface area contributed by atoms with Gasteiger partial charge in [0.15, 0.2) is 0 Å². The minimum atomic E-state index is -0.665. The van der Waals surface area contributed by atoms with E-state index in [4.69, 9.17) is 4.42 Å². The van der Waals surface area contributed by atoms with E-state index < -0.39 is 17.5 Å². The Hall–Kier alpha value is -3.08. The van der Waals surface area contributed by atoms with Gasteiger partial charge in [0.05, 0.1) is 0 Å². The van der Waals surface area contributed by atoms with Crippen molar-refractivity contribution in [2.45, 2.75) is 39.8 Å². The number of rotatable bonds is 5. The molecular weight excluding hydrogens is 352 g/mol. The van der Waals surface area contributed by atoms with Gasteiger partial charge in [-0.15, -0.1) is 0 Å². The molecule has 5 heteroatoms. The van der Waals surface area contributed by atoms with E-state index in [1.807, 2.05) is 81.4 Å². The topological polar surface area (TPSA) is 71.3 Å². The number of benzene rings is 2. The molecule has 2 aromatic carbocycles. The zero-order chi connectivity index (χ0) is 20.3. The molecule has 1 heterocycles. The zero-order valence-corrected chi connectivity index (χ0v) is 16.7. The summed E-state index contributed by atoms with van der Waals surface area (Å²) in [6.07, 6.45) is 0. The molecule has 3 rings (SSSR count). The van der Waals surface area contributed by atoms with Crippen LogP contribution in [0.1, 0.15) is 45.1 Å². The molecule has 28 heavy (non-hydrogen) atoms. The van der Waals surface area contributed by atoms with Crippen LogP contribution in [0, 0.1) is 5.41 Å². The fraction of sp³-hybridized carbons (Fsp3) is 0.304. The van der Waals surface area contributed by atoms with Crippen LogP contribution < -0.4 is 10.6 Å². The first-order valence-electron chi connectivity index (χ1n) is 9.40. The second kappa shape index (κ2) is 7.89. The minimum absolute atomic E-state index is 0.171. The van der Waals surface area contributed by atoms with E-state index in [1.165, 1.54) is 0 Å². The molecule has 0 saturated carbocycles. The first kappa shape index (κ1) is 19.7. The second-order valence-electron chi connectivity index (χ2n) is 7.98. The monoisotopic (exact) mass is 378 g/mol. The van der Waals surface area contributed by atoms with Crippen molar-refractivity contribution >= 4 is 22.8 Å². The number of nitrogens with one attached hydrogen (secondary N) is 2. The fourth-order valence-corrected chi connectivity index (χ4v) is 2.85. The average Bonchev–Trinajstić information content (AvgIpc) is 3.09.